The number of fused-ring (bicyclic) bond motifs is 1. The highest BCUT2D eigenvalue weighted by molar-refractivity contribution is 6.32. The van der Waals surface area contributed by atoms with Crippen molar-refractivity contribution in [1.29, 1.82) is 0 Å². The van der Waals surface area contributed by atoms with Crippen molar-refractivity contribution in [1.82, 2.24) is 0 Å². The molecule has 0 radical (unpaired) electrons. The van der Waals surface area contributed by atoms with Gasteiger partial charge in [-0.1, -0.05) is 11.6 Å². The van der Waals surface area contributed by atoms with Gasteiger partial charge in [0, 0.05) is 12.0 Å². The summed E-state index contributed by atoms with van der Waals surface area (Å²) in [5, 5.41) is 0.538. The zero-order valence-corrected chi connectivity index (χ0v) is 10.1. The molecule has 3 heteroatoms. The molecule has 16 heavy (non-hydrogen) atoms. The van der Waals surface area contributed by atoms with Gasteiger partial charge < -0.3 is 4.74 Å². The van der Waals surface area contributed by atoms with E-state index in [-0.39, 0.29) is 5.78 Å². The fraction of sp³-hybridized carbons (Fsp3) is 0.462. The first-order chi connectivity index (χ1) is 7.72. The van der Waals surface area contributed by atoms with Crippen molar-refractivity contribution in [2.45, 2.75) is 32.6 Å². The van der Waals surface area contributed by atoms with E-state index in [0.29, 0.717) is 23.8 Å². The lowest BCUT2D eigenvalue weighted by Crippen LogP contribution is -2.02. The number of halogens is 1. The molecule has 1 aromatic carbocycles. The van der Waals surface area contributed by atoms with Crippen LogP contribution in [0.3, 0.4) is 0 Å². The lowest BCUT2D eigenvalue weighted by Gasteiger charge is -2.10. The van der Waals surface area contributed by atoms with Gasteiger partial charge in [-0.2, -0.15) is 0 Å². The van der Waals surface area contributed by atoms with E-state index in [1.165, 1.54) is 0 Å². The van der Waals surface area contributed by atoms with Crippen molar-refractivity contribution in [3.63, 3.8) is 0 Å². The van der Waals surface area contributed by atoms with Crippen LogP contribution in [0.2, 0.25) is 5.02 Å². The maximum atomic E-state index is 11.8. The van der Waals surface area contributed by atoms with E-state index < -0.39 is 0 Å². The fourth-order valence-corrected chi connectivity index (χ4v) is 2.28. The first kappa shape index (κ1) is 11.5. The van der Waals surface area contributed by atoms with Gasteiger partial charge in [-0.3, -0.25) is 4.79 Å². The van der Waals surface area contributed by atoms with Crippen LogP contribution in [0.15, 0.2) is 12.1 Å². The summed E-state index contributed by atoms with van der Waals surface area (Å²) < 4.78 is 5.44. The summed E-state index contributed by atoms with van der Waals surface area (Å²) in [6, 6.07) is 3.68. The Morgan fingerprint density at radius 2 is 2.06 bits per heavy atom. The highest BCUT2D eigenvalue weighted by atomic mass is 35.5. The molecule has 0 bridgehead atoms. The van der Waals surface area contributed by atoms with E-state index in [2.05, 4.69) is 0 Å². The molecule has 0 atom stereocenters. The summed E-state index contributed by atoms with van der Waals surface area (Å²) in [5.41, 5.74) is 1.86. The van der Waals surface area contributed by atoms with Crippen LogP contribution in [0.25, 0.3) is 0 Å². The zero-order valence-electron chi connectivity index (χ0n) is 9.38. The molecule has 86 valence electrons. The number of hydrogen-bond acceptors (Lipinski definition) is 2. The van der Waals surface area contributed by atoms with E-state index in [9.17, 15) is 4.79 Å². The SMILES string of the molecule is CCOc1cc2c(cc1Cl)C(=O)CCCC2. The Hall–Kier alpha value is -1.02. The standard InChI is InChI=1S/C13H15ClO2/c1-2-16-13-7-9-5-3-4-6-12(15)10(9)8-11(13)14/h7-8H,2-6H2,1H3. The van der Waals surface area contributed by atoms with E-state index in [0.717, 1.165) is 30.4 Å². The van der Waals surface area contributed by atoms with Crippen LogP contribution in [0.1, 0.15) is 42.1 Å². The molecule has 0 amide bonds. The summed E-state index contributed by atoms with van der Waals surface area (Å²) in [5.74, 6) is 0.898. The number of rotatable bonds is 2. The lowest BCUT2D eigenvalue weighted by atomic mass is 10.0. The zero-order chi connectivity index (χ0) is 11.5. The van der Waals surface area contributed by atoms with Crippen molar-refractivity contribution in [2.75, 3.05) is 6.61 Å². The van der Waals surface area contributed by atoms with Crippen molar-refractivity contribution in [3.8, 4) is 5.75 Å². The Bertz CT molecular complexity index is 413. The van der Waals surface area contributed by atoms with Gasteiger partial charge >= 0.3 is 0 Å². The largest absolute Gasteiger partial charge is 0.492 e. The summed E-state index contributed by atoms with van der Waals surface area (Å²) in [6.45, 7) is 2.51. The molecule has 0 heterocycles. The minimum atomic E-state index is 0.206. The minimum Gasteiger partial charge on any atom is -0.492 e. The average Bonchev–Trinajstić information content (AvgIpc) is 2.43. The summed E-state index contributed by atoms with van der Waals surface area (Å²) in [4.78, 5) is 11.8. The van der Waals surface area contributed by atoms with Gasteiger partial charge in [0.25, 0.3) is 0 Å². The summed E-state index contributed by atoms with van der Waals surface area (Å²) >= 11 is 6.08. The number of ketones is 1. The van der Waals surface area contributed by atoms with Gasteiger partial charge in [0.15, 0.2) is 5.78 Å². The third-order valence-electron chi connectivity index (χ3n) is 2.86. The Balaban J connectivity index is 2.44. The molecule has 0 unspecified atom stereocenters. The monoisotopic (exact) mass is 238 g/mol. The minimum absolute atomic E-state index is 0.206. The molecule has 2 rings (SSSR count). The van der Waals surface area contributed by atoms with Crippen LogP contribution in [0.5, 0.6) is 5.75 Å². The summed E-state index contributed by atoms with van der Waals surface area (Å²) in [6.07, 6.45) is 3.61. The van der Waals surface area contributed by atoms with Crippen LogP contribution in [0.4, 0.5) is 0 Å². The highest BCUT2D eigenvalue weighted by Gasteiger charge is 2.18. The van der Waals surface area contributed by atoms with Crippen molar-refractivity contribution in [3.05, 3.63) is 28.3 Å². The van der Waals surface area contributed by atoms with E-state index in [1.807, 2.05) is 13.0 Å². The number of benzene rings is 1. The molecular weight excluding hydrogens is 224 g/mol. The molecule has 1 aliphatic rings. The third kappa shape index (κ3) is 2.22. The van der Waals surface area contributed by atoms with Crippen LogP contribution < -0.4 is 4.74 Å². The normalized spacial score (nSPS) is 15.5. The predicted octanol–water partition coefficient (Wildman–Crippen LogP) is 3.65. The molecule has 0 N–H and O–H groups in total. The molecule has 0 spiro atoms. The van der Waals surface area contributed by atoms with Gasteiger partial charge in [-0.25, -0.2) is 0 Å². The highest BCUT2D eigenvalue weighted by Crippen LogP contribution is 2.31. The van der Waals surface area contributed by atoms with Gasteiger partial charge in [0.1, 0.15) is 5.75 Å². The summed E-state index contributed by atoms with van der Waals surface area (Å²) in [7, 11) is 0. The first-order valence-electron chi connectivity index (χ1n) is 5.70. The van der Waals surface area contributed by atoms with Crippen LogP contribution in [-0.4, -0.2) is 12.4 Å². The van der Waals surface area contributed by atoms with E-state index in [1.54, 1.807) is 6.07 Å². The molecular formula is C13H15ClO2. The van der Waals surface area contributed by atoms with Crippen molar-refractivity contribution in [2.24, 2.45) is 0 Å². The van der Waals surface area contributed by atoms with Crippen molar-refractivity contribution >= 4 is 17.4 Å². The van der Waals surface area contributed by atoms with Crippen LogP contribution in [-0.2, 0) is 6.42 Å². The first-order valence-corrected chi connectivity index (χ1v) is 6.08. The maximum Gasteiger partial charge on any atom is 0.163 e. The number of carbonyl (C=O) groups excluding carboxylic acids is 1. The van der Waals surface area contributed by atoms with Crippen molar-refractivity contribution < 1.29 is 9.53 Å². The topological polar surface area (TPSA) is 26.3 Å². The Morgan fingerprint density at radius 3 is 2.81 bits per heavy atom. The second-order valence-corrected chi connectivity index (χ2v) is 4.41. The Morgan fingerprint density at radius 1 is 1.31 bits per heavy atom. The predicted molar refractivity (Wildman–Crippen MR) is 64.5 cm³/mol. The number of Topliss-reactive ketones (excluding diaryl/α,β-unsaturated/α-hetero) is 1. The van der Waals surface area contributed by atoms with E-state index in [4.69, 9.17) is 16.3 Å². The third-order valence-corrected chi connectivity index (χ3v) is 3.15. The van der Waals surface area contributed by atoms with Gasteiger partial charge in [-0.15, -0.1) is 0 Å². The smallest absolute Gasteiger partial charge is 0.163 e. The molecule has 1 aliphatic carbocycles. The second-order valence-electron chi connectivity index (χ2n) is 4.00. The van der Waals surface area contributed by atoms with Gasteiger partial charge in [0.2, 0.25) is 0 Å². The molecule has 2 nitrogen and oxygen atoms in total. The molecule has 0 saturated carbocycles. The van der Waals surface area contributed by atoms with Crippen LogP contribution in [0, 0.1) is 0 Å². The maximum absolute atomic E-state index is 11.8. The number of carbonyl (C=O) groups is 1. The molecule has 0 aromatic heterocycles. The van der Waals surface area contributed by atoms with Gasteiger partial charge in [0.05, 0.1) is 11.6 Å². The Labute approximate surface area is 101 Å². The van der Waals surface area contributed by atoms with Gasteiger partial charge in [-0.05, 0) is 43.9 Å². The molecule has 0 aliphatic heterocycles. The molecule has 0 fully saturated rings. The lowest BCUT2D eigenvalue weighted by molar-refractivity contribution is 0.0982. The quantitative estimate of drug-likeness (QED) is 0.736. The number of hydrogen-bond donors (Lipinski definition) is 0. The fourth-order valence-electron chi connectivity index (χ4n) is 2.06. The van der Waals surface area contributed by atoms with E-state index >= 15 is 0 Å². The number of ether oxygens (including phenoxy) is 1. The average molecular weight is 239 g/mol. The second kappa shape index (κ2) is 4.88. The van der Waals surface area contributed by atoms with Crippen LogP contribution >= 0.6 is 11.6 Å². The number of aryl methyl sites for hydroxylation is 1. The molecule has 1 aromatic rings. The Kier molecular flexibility index (Phi) is 3.49. The molecule has 0 saturated heterocycles.